The Labute approximate surface area is 103 Å². The zero-order chi connectivity index (χ0) is 13.8. The minimum Gasteiger partial charge on any atom is -0.496 e. The van der Waals surface area contributed by atoms with Crippen LogP contribution in [-0.2, 0) is 15.5 Å². The molecule has 6 heteroatoms. The van der Waals surface area contributed by atoms with Crippen LogP contribution in [0.15, 0.2) is 18.2 Å². The Morgan fingerprint density at radius 3 is 2.61 bits per heavy atom. The van der Waals surface area contributed by atoms with Crippen LogP contribution < -0.4 is 4.74 Å². The summed E-state index contributed by atoms with van der Waals surface area (Å²) in [7, 11) is 1.24. The van der Waals surface area contributed by atoms with Gasteiger partial charge in [0.15, 0.2) is 6.29 Å². The van der Waals surface area contributed by atoms with E-state index in [9.17, 15) is 18.4 Å². The highest BCUT2D eigenvalue weighted by molar-refractivity contribution is 5.82. The van der Waals surface area contributed by atoms with E-state index < -0.39 is 17.5 Å². The standard InChI is InChI=1S/C12H12F2O4/c1-3-18-11(16)12(13,14)9-5-4-8(7-15)10(6-9)17-2/h4-7H,3H2,1-2H3. The van der Waals surface area contributed by atoms with Crippen molar-refractivity contribution in [2.45, 2.75) is 12.8 Å². The van der Waals surface area contributed by atoms with Gasteiger partial charge in [-0.25, -0.2) is 4.79 Å². The summed E-state index contributed by atoms with van der Waals surface area (Å²) < 4.78 is 36.4. The van der Waals surface area contributed by atoms with Crippen molar-refractivity contribution in [3.05, 3.63) is 29.3 Å². The number of rotatable bonds is 5. The Bertz CT molecular complexity index is 457. The van der Waals surface area contributed by atoms with Crippen LogP contribution in [0.5, 0.6) is 5.75 Å². The first-order valence-electron chi connectivity index (χ1n) is 5.16. The van der Waals surface area contributed by atoms with E-state index in [0.717, 1.165) is 18.2 Å². The van der Waals surface area contributed by atoms with E-state index in [1.807, 2.05) is 0 Å². The predicted molar refractivity (Wildman–Crippen MR) is 58.9 cm³/mol. The Morgan fingerprint density at radius 2 is 2.11 bits per heavy atom. The number of benzene rings is 1. The third kappa shape index (κ3) is 2.64. The summed E-state index contributed by atoms with van der Waals surface area (Å²) in [6.07, 6.45) is 0.477. The second-order valence-electron chi connectivity index (χ2n) is 3.37. The van der Waals surface area contributed by atoms with Gasteiger partial charge in [-0.3, -0.25) is 4.79 Å². The van der Waals surface area contributed by atoms with E-state index in [0.29, 0.717) is 6.29 Å². The molecule has 1 aromatic rings. The van der Waals surface area contributed by atoms with Crippen molar-refractivity contribution < 1.29 is 27.8 Å². The zero-order valence-corrected chi connectivity index (χ0v) is 9.91. The van der Waals surface area contributed by atoms with Crippen molar-refractivity contribution in [3.8, 4) is 5.75 Å². The summed E-state index contributed by atoms with van der Waals surface area (Å²) >= 11 is 0. The molecular weight excluding hydrogens is 246 g/mol. The molecule has 98 valence electrons. The fourth-order valence-corrected chi connectivity index (χ4v) is 1.34. The van der Waals surface area contributed by atoms with Crippen LogP contribution in [0.4, 0.5) is 8.78 Å². The summed E-state index contributed by atoms with van der Waals surface area (Å²) in [4.78, 5) is 21.8. The van der Waals surface area contributed by atoms with Gasteiger partial charge in [0.05, 0.1) is 19.3 Å². The fourth-order valence-electron chi connectivity index (χ4n) is 1.34. The molecule has 0 aliphatic rings. The molecule has 0 atom stereocenters. The number of ether oxygens (including phenoxy) is 2. The number of carbonyl (C=O) groups excluding carboxylic acids is 2. The van der Waals surface area contributed by atoms with E-state index in [-0.39, 0.29) is 17.9 Å². The van der Waals surface area contributed by atoms with Crippen LogP contribution in [0, 0.1) is 0 Å². The highest BCUT2D eigenvalue weighted by Gasteiger charge is 2.43. The summed E-state index contributed by atoms with van der Waals surface area (Å²) in [5.41, 5.74) is -0.454. The number of methoxy groups -OCH3 is 1. The van der Waals surface area contributed by atoms with Crippen LogP contribution in [0.25, 0.3) is 0 Å². The SMILES string of the molecule is CCOC(=O)C(F)(F)c1ccc(C=O)c(OC)c1. The molecule has 0 saturated heterocycles. The number of aldehydes is 1. The lowest BCUT2D eigenvalue weighted by molar-refractivity contribution is -0.173. The molecule has 0 aromatic heterocycles. The topological polar surface area (TPSA) is 52.6 Å². The van der Waals surface area contributed by atoms with Crippen molar-refractivity contribution in [2.75, 3.05) is 13.7 Å². The quantitative estimate of drug-likeness (QED) is 0.600. The molecule has 0 bridgehead atoms. The third-order valence-electron chi connectivity index (χ3n) is 2.25. The van der Waals surface area contributed by atoms with Crippen molar-refractivity contribution in [1.29, 1.82) is 0 Å². The Balaban J connectivity index is 3.16. The van der Waals surface area contributed by atoms with Gasteiger partial charge in [0.25, 0.3) is 0 Å². The minimum atomic E-state index is -3.77. The Kier molecular flexibility index (Phi) is 4.36. The molecule has 1 rings (SSSR count). The van der Waals surface area contributed by atoms with Crippen molar-refractivity contribution >= 4 is 12.3 Å². The first kappa shape index (κ1) is 14.1. The molecule has 4 nitrogen and oxygen atoms in total. The summed E-state index contributed by atoms with van der Waals surface area (Å²) in [5.74, 6) is -5.43. The maximum atomic E-state index is 13.7. The first-order valence-corrected chi connectivity index (χ1v) is 5.16. The van der Waals surface area contributed by atoms with Gasteiger partial charge in [0.1, 0.15) is 5.75 Å². The molecule has 0 aliphatic carbocycles. The van der Waals surface area contributed by atoms with E-state index in [1.54, 1.807) is 0 Å². The van der Waals surface area contributed by atoms with E-state index in [4.69, 9.17) is 4.74 Å². The molecule has 0 amide bonds. The fraction of sp³-hybridized carbons (Fsp3) is 0.333. The number of esters is 1. The Morgan fingerprint density at radius 1 is 1.44 bits per heavy atom. The largest absolute Gasteiger partial charge is 0.496 e. The summed E-state index contributed by atoms with van der Waals surface area (Å²) in [5, 5.41) is 0. The van der Waals surface area contributed by atoms with Gasteiger partial charge in [0, 0.05) is 5.56 Å². The minimum absolute atomic E-state index is 0.0218. The smallest absolute Gasteiger partial charge is 0.381 e. The lowest BCUT2D eigenvalue weighted by atomic mass is 10.1. The maximum Gasteiger partial charge on any atom is 0.381 e. The zero-order valence-electron chi connectivity index (χ0n) is 9.91. The van der Waals surface area contributed by atoms with E-state index >= 15 is 0 Å². The molecule has 0 N–H and O–H groups in total. The monoisotopic (exact) mass is 258 g/mol. The van der Waals surface area contributed by atoms with E-state index in [2.05, 4.69) is 4.74 Å². The third-order valence-corrected chi connectivity index (χ3v) is 2.25. The predicted octanol–water partition coefficient (Wildman–Crippen LogP) is 2.16. The highest BCUT2D eigenvalue weighted by Crippen LogP contribution is 2.32. The molecule has 0 radical (unpaired) electrons. The second kappa shape index (κ2) is 5.57. The molecule has 0 saturated carbocycles. The molecule has 0 fully saturated rings. The number of carbonyl (C=O) groups is 2. The van der Waals surface area contributed by atoms with Gasteiger partial charge >= 0.3 is 11.9 Å². The molecule has 0 unspecified atom stereocenters. The van der Waals surface area contributed by atoms with Crippen molar-refractivity contribution in [3.63, 3.8) is 0 Å². The molecule has 0 aliphatic heterocycles. The van der Waals surface area contributed by atoms with Crippen LogP contribution in [0.3, 0.4) is 0 Å². The van der Waals surface area contributed by atoms with Crippen LogP contribution in [0.1, 0.15) is 22.8 Å². The lowest BCUT2D eigenvalue weighted by Gasteiger charge is -2.16. The average Bonchev–Trinajstić information content (AvgIpc) is 2.38. The van der Waals surface area contributed by atoms with Gasteiger partial charge in [0.2, 0.25) is 0 Å². The van der Waals surface area contributed by atoms with Crippen LogP contribution in [-0.4, -0.2) is 26.0 Å². The average molecular weight is 258 g/mol. The van der Waals surface area contributed by atoms with Crippen LogP contribution >= 0.6 is 0 Å². The van der Waals surface area contributed by atoms with Gasteiger partial charge in [-0.2, -0.15) is 8.78 Å². The highest BCUT2D eigenvalue weighted by atomic mass is 19.3. The molecule has 1 aromatic carbocycles. The number of alkyl halides is 2. The Hall–Kier alpha value is -1.98. The van der Waals surface area contributed by atoms with Gasteiger partial charge in [-0.05, 0) is 19.1 Å². The van der Waals surface area contributed by atoms with E-state index in [1.165, 1.54) is 14.0 Å². The number of halogens is 2. The lowest BCUT2D eigenvalue weighted by Crippen LogP contribution is -2.28. The maximum absolute atomic E-state index is 13.7. The van der Waals surface area contributed by atoms with Gasteiger partial charge in [-0.15, -0.1) is 0 Å². The number of hydrogen-bond donors (Lipinski definition) is 0. The number of hydrogen-bond acceptors (Lipinski definition) is 4. The summed E-state index contributed by atoms with van der Waals surface area (Å²) in [6.45, 7) is 1.29. The summed E-state index contributed by atoms with van der Waals surface area (Å²) in [6, 6.07) is 3.10. The normalized spacial score (nSPS) is 10.9. The molecule has 0 heterocycles. The molecular formula is C12H12F2O4. The van der Waals surface area contributed by atoms with Crippen molar-refractivity contribution in [1.82, 2.24) is 0 Å². The second-order valence-corrected chi connectivity index (χ2v) is 3.37. The molecule has 18 heavy (non-hydrogen) atoms. The van der Waals surface area contributed by atoms with Crippen molar-refractivity contribution in [2.24, 2.45) is 0 Å². The first-order chi connectivity index (χ1) is 8.47. The van der Waals surface area contributed by atoms with Gasteiger partial charge < -0.3 is 9.47 Å². The molecule has 0 spiro atoms. The van der Waals surface area contributed by atoms with Gasteiger partial charge in [-0.1, -0.05) is 6.07 Å². The van der Waals surface area contributed by atoms with Crippen LogP contribution in [0.2, 0.25) is 0 Å².